The normalized spacial score (nSPS) is 14.3. The van der Waals surface area contributed by atoms with Crippen molar-refractivity contribution in [2.75, 3.05) is 18.6 Å². The molecule has 2 unspecified atom stereocenters. The summed E-state index contributed by atoms with van der Waals surface area (Å²) in [7, 11) is 0. The second kappa shape index (κ2) is 8.28. The van der Waals surface area contributed by atoms with Gasteiger partial charge >= 0.3 is 12.2 Å². The van der Waals surface area contributed by atoms with Crippen LogP contribution in [0, 0.1) is 0 Å². The van der Waals surface area contributed by atoms with Gasteiger partial charge in [-0.05, 0) is 30.9 Å². The summed E-state index contributed by atoms with van der Waals surface area (Å²) in [6.07, 6.45) is -3.76. The van der Waals surface area contributed by atoms with E-state index in [-0.39, 0.29) is 18.2 Å². The zero-order chi connectivity index (χ0) is 16.8. The van der Waals surface area contributed by atoms with Crippen LogP contribution in [0.5, 0.6) is 0 Å². The molecule has 1 aromatic rings. The molecule has 0 saturated carbocycles. The fourth-order valence-electron chi connectivity index (χ4n) is 1.80. The monoisotopic (exact) mass is 336 g/mol. The number of carbonyl (C=O) groups is 1. The second-order valence-electron chi connectivity index (χ2n) is 4.85. The first kappa shape index (κ1) is 18.6. The Kier molecular flexibility index (Phi) is 7.02. The molecule has 0 radical (unpaired) electrons. The lowest BCUT2D eigenvalue weighted by atomic mass is 10.1. The molecule has 0 aromatic heterocycles. The van der Waals surface area contributed by atoms with Crippen LogP contribution >= 0.6 is 11.8 Å². The number of carbonyl (C=O) groups excluding carboxylic acids is 1. The highest BCUT2D eigenvalue weighted by atomic mass is 32.2. The topological polar surface area (TPSA) is 61.4 Å². The molecule has 0 aliphatic heterocycles. The molecule has 0 aliphatic carbocycles. The van der Waals surface area contributed by atoms with Crippen LogP contribution in [0.3, 0.4) is 0 Å². The maximum atomic E-state index is 12.6. The first-order chi connectivity index (χ1) is 10.2. The van der Waals surface area contributed by atoms with E-state index in [9.17, 15) is 23.1 Å². The van der Waals surface area contributed by atoms with E-state index in [1.165, 1.54) is 12.1 Å². The lowest BCUT2D eigenvalue weighted by Crippen LogP contribution is -2.43. The predicted octanol–water partition coefficient (Wildman–Crippen LogP) is 2.79. The van der Waals surface area contributed by atoms with Gasteiger partial charge in [0.15, 0.2) is 0 Å². The predicted molar refractivity (Wildman–Crippen MR) is 80.8 cm³/mol. The Morgan fingerprint density at radius 1 is 1.41 bits per heavy atom. The van der Waals surface area contributed by atoms with Crippen molar-refractivity contribution in [3.05, 3.63) is 35.4 Å². The zero-order valence-corrected chi connectivity index (χ0v) is 13.1. The van der Waals surface area contributed by atoms with E-state index >= 15 is 0 Å². The van der Waals surface area contributed by atoms with Crippen LogP contribution in [-0.4, -0.2) is 35.7 Å². The summed E-state index contributed by atoms with van der Waals surface area (Å²) in [5.41, 5.74) is -0.727. The van der Waals surface area contributed by atoms with Crippen LogP contribution in [0.25, 0.3) is 0 Å². The first-order valence-corrected chi connectivity index (χ1v) is 8.02. The molecule has 1 aromatic carbocycles. The van der Waals surface area contributed by atoms with Gasteiger partial charge in [-0.3, -0.25) is 0 Å². The number of benzene rings is 1. The Morgan fingerprint density at radius 3 is 2.68 bits per heavy atom. The van der Waals surface area contributed by atoms with E-state index in [4.69, 9.17) is 0 Å². The van der Waals surface area contributed by atoms with Crippen molar-refractivity contribution in [2.45, 2.75) is 25.2 Å². The van der Waals surface area contributed by atoms with Crippen molar-refractivity contribution in [3.8, 4) is 0 Å². The van der Waals surface area contributed by atoms with Crippen LogP contribution in [0.1, 0.15) is 24.2 Å². The summed E-state index contributed by atoms with van der Waals surface area (Å²) < 4.78 is 37.8. The van der Waals surface area contributed by atoms with E-state index in [2.05, 4.69) is 10.6 Å². The molecule has 1 rings (SSSR count). The Labute approximate surface area is 131 Å². The van der Waals surface area contributed by atoms with Crippen LogP contribution in [0.15, 0.2) is 24.3 Å². The number of thioether (sulfide) groups is 1. The average Bonchev–Trinajstić information content (AvgIpc) is 2.44. The molecule has 22 heavy (non-hydrogen) atoms. The van der Waals surface area contributed by atoms with Gasteiger partial charge in [0, 0.05) is 18.3 Å². The van der Waals surface area contributed by atoms with Gasteiger partial charge in [0.1, 0.15) is 0 Å². The van der Waals surface area contributed by atoms with Crippen LogP contribution in [0.2, 0.25) is 0 Å². The quantitative estimate of drug-likeness (QED) is 0.749. The van der Waals surface area contributed by atoms with Crippen molar-refractivity contribution in [1.82, 2.24) is 10.6 Å². The highest BCUT2D eigenvalue weighted by Gasteiger charge is 2.30. The number of rotatable bonds is 6. The second-order valence-corrected chi connectivity index (χ2v) is 5.76. The van der Waals surface area contributed by atoms with Gasteiger partial charge < -0.3 is 15.7 Å². The van der Waals surface area contributed by atoms with Crippen LogP contribution in [-0.2, 0) is 6.18 Å². The molecule has 0 bridgehead atoms. The lowest BCUT2D eigenvalue weighted by Gasteiger charge is -2.17. The van der Waals surface area contributed by atoms with E-state index in [0.29, 0.717) is 0 Å². The number of halogens is 3. The molecule has 8 heteroatoms. The van der Waals surface area contributed by atoms with Crippen LogP contribution < -0.4 is 10.6 Å². The third-order valence-corrected chi connectivity index (χ3v) is 3.68. The molecule has 2 amide bonds. The molecule has 4 nitrogen and oxygen atoms in total. The summed E-state index contributed by atoms with van der Waals surface area (Å²) in [6, 6.07) is 3.91. The standard InChI is InChI=1S/C14H19F3N2O2S/c1-9(8-22-2)19-13(21)18-7-12(20)10-4-3-5-11(6-10)14(15,16)17/h3-6,9,12,20H,7-8H2,1-2H3,(H2,18,19,21). The number of amides is 2. The first-order valence-electron chi connectivity index (χ1n) is 6.62. The third-order valence-electron chi connectivity index (χ3n) is 2.85. The summed E-state index contributed by atoms with van der Waals surface area (Å²) in [5, 5.41) is 15.0. The summed E-state index contributed by atoms with van der Waals surface area (Å²) in [5.74, 6) is 0.740. The van der Waals surface area contributed by atoms with Gasteiger partial charge in [0.2, 0.25) is 0 Å². The maximum absolute atomic E-state index is 12.6. The highest BCUT2D eigenvalue weighted by molar-refractivity contribution is 7.98. The Hall–Kier alpha value is -1.41. The van der Waals surface area contributed by atoms with Gasteiger partial charge in [-0.1, -0.05) is 12.1 Å². The smallest absolute Gasteiger partial charge is 0.387 e. The highest BCUT2D eigenvalue weighted by Crippen LogP contribution is 2.30. The molecular formula is C14H19F3N2O2S. The number of nitrogens with one attached hydrogen (secondary N) is 2. The minimum absolute atomic E-state index is 0.0410. The molecule has 0 spiro atoms. The van der Waals surface area contributed by atoms with Gasteiger partial charge in [-0.2, -0.15) is 24.9 Å². The Bertz CT molecular complexity index is 497. The van der Waals surface area contributed by atoms with Crippen molar-refractivity contribution >= 4 is 17.8 Å². The minimum atomic E-state index is -4.46. The minimum Gasteiger partial charge on any atom is -0.387 e. The summed E-state index contributed by atoms with van der Waals surface area (Å²) >= 11 is 1.58. The molecule has 0 heterocycles. The number of aliphatic hydroxyl groups excluding tert-OH is 1. The van der Waals surface area contributed by atoms with E-state index < -0.39 is 23.9 Å². The van der Waals surface area contributed by atoms with E-state index in [0.717, 1.165) is 17.9 Å². The molecule has 124 valence electrons. The fraction of sp³-hybridized carbons (Fsp3) is 0.500. The average molecular weight is 336 g/mol. The number of alkyl halides is 3. The molecule has 0 saturated heterocycles. The van der Waals surface area contributed by atoms with Crippen molar-refractivity contribution in [1.29, 1.82) is 0 Å². The SMILES string of the molecule is CSCC(C)NC(=O)NCC(O)c1cccc(C(F)(F)F)c1. The fourth-order valence-corrected chi connectivity index (χ4v) is 2.38. The molecule has 3 N–H and O–H groups in total. The number of hydrogen-bond acceptors (Lipinski definition) is 3. The van der Waals surface area contributed by atoms with Gasteiger partial charge in [0.25, 0.3) is 0 Å². The number of hydrogen-bond donors (Lipinski definition) is 3. The summed E-state index contributed by atoms with van der Waals surface area (Å²) in [4.78, 5) is 11.6. The molecular weight excluding hydrogens is 317 g/mol. The third kappa shape index (κ3) is 6.15. The van der Waals surface area contributed by atoms with Crippen LogP contribution in [0.4, 0.5) is 18.0 Å². The molecule has 0 aliphatic rings. The van der Waals surface area contributed by atoms with Crippen molar-refractivity contribution < 1.29 is 23.1 Å². The summed E-state index contributed by atoms with van der Waals surface area (Å²) in [6.45, 7) is 1.67. The molecule has 2 atom stereocenters. The Morgan fingerprint density at radius 2 is 2.09 bits per heavy atom. The van der Waals surface area contributed by atoms with Gasteiger partial charge in [0.05, 0.1) is 11.7 Å². The lowest BCUT2D eigenvalue weighted by molar-refractivity contribution is -0.137. The van der Waals surface area contributed by atoms with Gasteiger partial charge in [-0.15, -0.1) is 0 Å². The van der Waals surface area contributed by atoms with E-state index in [1.807, 2.05) is 13.2 Å². The van der Waals surface area contributed by atoms with Crippen molar-refractivity contribution in [3.63, 3.8) is 0 Å². The number of urea groups is 1. The molecule has 0 fully saturated rings. The van der Waals surface area contributed by atoms with E-state index in [1.54, 1.807) is 11.8 Å². The van der Waals surface area contributed by atoms with Crippen molar-refractivity contribution in [2.24, 2.45) is 0 Å². The zero-order valence-electron chi connectivity index (χ0n) is 12.3. The van der Waals surface area contributed by atoms with Gasteiger partial charge in [-0.25, -0.2) is 4.79 Å². The number of aliphatic hydroxyl groups is 1. The largest absolute Gasteiger partial charge is 0.416 e. The Balaban J connectivity index is 2.55. The maximum Gasteiger partial charge on any atom is 0.416 e.